The molecule has 0 saturated carbocycles. The Bertz CT molecular complexity index is 642. The van der Waals surface area contributed by atoms with Crippen molar-refractivity contribution >= 4 is 11.7 Å². The van der Waals surface area contributed by atoms with Gasteiger partial charge >= 0.3 is 6.03 Å². The van der Waals surface area contributed by atoms with E-state index >= 15 is 0 Å². The predicted octanol–water partition coefficient (Wildman–Crippen LogP) is 1.96. The first-order valence-electron chi connectivity index (χ1n) is 7.48. The Morgan fingerprint density at radius 1 is 1.39 bits per heavy atom. The van der Waals surface area contributed by atoms with Crippen LogP contribution in [-0.4, -0.2) is 52.9 Å². The van der Waals surface area contributed by atoms with Gasteiger partial charge in [-0.15, -0.1) is 0 Å². The van der Waals surface area contributed by atoms with E-state index in [0.29, 0.717) is 24.7 Å². The highest BCUT2D eigenvalue weighted by Gasteiger charge is 2.27. The van der Waals surface area contributed by atoms with Crippen LogP contribution in [0.15, 0.2) is 41.1 Å². The molecule has 0 aliphatic carbocycles. The molecule has 2 amide bonds. The zero-order valence-electron chi connectivity index (χ0n) is 12.8. The largest absolute Gasteiger partial charge is 0.445 e. The van der Waals surface area contributed by atoms with Gasteiger partial charge < -0.3 is 24.5 Å². The molecular formula is C16H19N3O4. The average Bonchev–Trinajstić information content (AvgIpc) is 3.09. The standard InChI is InChI=1S/C16H19N3O4/c1-11-8-19(9-14(10-20)23-11)16(21)18-13-4-2-12(3-5-13)15-17-6-7-22-15/h2-7,11,14,20H,8-10H2,1H3,(H,18,21). The van der Waals surface area contributed by atoms with Crippen molar-refractivity contribution in [2.24, 2.45) is 0 Å². The molecule has 0 radical (unpaired) electrons. The molecule has 2 N–H and O–H groups in total. The highest BCUT2D eigenvalue weighted by atomic mass is 16.5. The molecule has 7 nitrogen and oxygen atoms in total. The molecule has 3 rings (SSSR count). The molecule has 1 aromatic carbocycles. The SMILES string of the molecule is CC1CN(C(=O)Nc2ccc(-c3ncco3)cc2)CC(CO)O1. The Morgan fingerprint density at radius 3 is 2.83 bits per heavy atom. The summed E-state index contributed by atoms with van der Waals surface area (Å²) >= 11 is 0. The molecule has 1 saturated heterocycles. The van der Waals surface area contributed by atoms with Crippen LogP contribution in [0.25, 0.3) is 11.5 Å². The highest BCUT2D eigenvalue weighted by Crippen LogP contribution is 2.20. The Labute approximate surface area is 133 Å². The van der Waals surface area contributed by atoms with E-state index in [1.807, 2.05) is 19.1 Å². The molecule has 2 aromatic rings. The minimum absolute atomic E-state index is 0.0981. The van der Waals surface area contributed by atoms with Crippen LogP contribution in [0.3, 0.4) is 0 Å². The van der Waals surface area contributed by atoms with Gasteiger partial charge in [-0.2, -0.15) is 0 Å². The van der Waals surface area contributed by atoms with Crippen molar-refractivity contribution in [3.63, 3.8) is 0 Å². The predicted molar refractivity (Wildman–Crippen MR) is 84.0 cm³/mol. The van der Waals surface area contributed by atoms with Crippen molar-refractivity contribution in [2.45, 2.75) is 19.1 Å². The number of oxazole rings is 1. The second-order valence-electron chi connectivity index (χ2n) is 5.50. The minimum Gasteiger partial charge on any atom is -0.445 e. The number of aliphatic hydroxyl groups excluding tert-OH is 1. The van der Waals surface area contributed by atoms with Crippen LogP contribution in [0.2, 0.25) is 0 Å². The zero-order chi connectivity index (χ0) is 16.2. The molecule has 1 aliphatic heterocycles. The van der Waals surface area contributed by atoms with Gasteiger partial charge in [-0.1, -0.05) is 0 Å². The van der Waals surface area contributed by atoms with Crippen molar-refractivity contribution < 1.29 is 19.1 Å². The van der Waals surface area contributed by atoms with E-state index in [2.05, 4.69) is 10.3 Å². The lowest BCUT2D eigenvalue weighted by Gasteiger charge is -2.36. The van der Waals surface area contributed by atoms with E-state index in [4.69, 9.17) is 9.15 Å². The van der Waals surface area contributed by atoms with Crippen LogP contribution in [0.1, 0.15) is 6.92 Å². The fraction of sp³-hybridized carbons (Fsp3) is 0.375. The van der Waals surface area contributed by atoms with Crippen LogP contribution in [-0.2, 0) is 4.74 Å². The fourth-order valence-corrected chi connectivity index (χ4v) is 2.58. The van der Waals surface area contributed by atoms with Gasteiger partial charge in [0.1, 0.15) is 6.26 Å². The average molecular weight is 317 g/mol. The molecular weight excluding hydrogens is 298 g/mol. The van der Waals surface area contributed by atoms with Gasteiger partial charge in [-0.25, -0.2) is 9.78 Å². The smallest absolute Gasteiger partial charge is 0.322 e. The molecule has 0 bridgehead atoms. The van der Waals surface area contributed by atoms with E-state index in [9.17, 15) is 9.90 Å². The van der Waals surface area contributed by atoms with Crippen LogP contribution in [0.5, 0.6) is 0 Å². The van der Waals surface area contributed by atoms with Gasteiger partial charge in [0.25, 0.3) is 0 Å². The molecule has 1 aromatic heterocycles. The Hall–Kier alpha value is -2.38. The van der Waals surface area contributed by atoms with Crippen molar-refractivity contribution in [2.75, 3.05) is 25.0 Å². The third kappa shape index (κ3) is 3.69. The number of morpholine rings is 1. The normalized spacial score (nSPS) is 21.2. The number of carbonyl (C=O) groups is 1. The summed E-state index contributed by atoms with van der Waals surface area (Å²) in [5.41, 5.74) is 1.53. The number of benzene rings is 1. The lowest BCUT2D eigenvalue weighted by molar-refractivity contribution is -0.0822. The molecule has 2 unspecified atom stereocenters. The first-order chi connectivity index (χ1) is 11.2. The number of hydrogen-bond acceptors (Lipinski definition) is 5. The third-order valence-corrected chi connectivity index (χ3v) is 3.63. The molecule has 23 heavy (non-hydrogen) atoms. The lowest BCUT2D eigenvalue weighted by Crippen LogP contribution is -2.51. The van der Waals surface area contributed by atoms with E-state index in [1.54, 1.807) is 23.2 Å². The number of rotatable bonds is 3. The number of hydrogen-bond donors (Lipinski definition) is 2. The highest BCUT2D eigenvalue weighted by molar-refractivity contribution is 5.89. The van der Waals surface area contributed by atoms with Gasteiger partial charge in [0.05, 0.1) is 31.6 Å². The van der Waals surface area contributed by atoms with Crippen molar-refractivity contribution in [1.29, 1.82) is 0 Å². The lowest BCUT2D eigenvalue weighted by atomic mass is 10.2. The van der Waals surface area contributed by atoms with E-state index in [1.165, 1.54) is 6.26 Å². The van der Waals surface area contributed by atoms with Crippen LogP contribution >= 0.6 is 0 Å². The van der Waals surface area contributed by atoms with Crippen molar-refractivity contribution in [1.82, 2.24) is 9.88 Å². The van der Waals surface area contributed by atoms with Crippen LogP contribution in [0.4, 0.5) is 10.5 Å². The number of urea groups is 1. The van der Waals surface area contributed by atoms with Gasteiger partial charge in [0.15, 0.2) is 0 Å². The quantitative estimate of drug-likeness (QED) is 0.903. The molecule has 7 heteroatoms. The summed E-state index contributed by atoms with van der Waals surface area (Å²) in [5, 5.41) is 12.1. The maximum Gasteiger partial charge on any atom is 0.322 e. The maximum atomic E-state index is 12.3. The number of anilines is 1. The van der Waals surface area contributed by atoms with Crippen molar-refractivity contribution in [3.8, 4) is 11.5 Å². The van der Waals surface area contributed by atoms with Gasteiger partial charge in [-0.05, 0) is 31.2 Å². The van der Waals surface area contributed by atoms with Crippen LogP contribution in [0, 0.1) is 0 Å². The van der Waals surface area contributed by atoms with E-state index < -0.39 is 0 Å². The summed E-state index contributed by atoms with van der Waals surface area (Å²) < 4.78 is 10.8. The number of aromatic nitrogens is 1. The van der Waals surface area contributed by atoms with E-state index in [0.717, 1.165) is 5.56 Å². The molecule has 2 atom stereocenters. The van der Waals surface area contributed by atoms with Crippen molar-refractivity contribution in [3.05, 3.63) is 36.7 Å². The van der Waals surface area contributed by atoms with E-state index in [-0.39, 0.29) is 24.8 Å². The summed E-state index contributed by atoms with van der Waals surface area (Å²) in [7, 11) is 0. The molecule has 122 valence electrons. The Kier molecular flexibility index (Phi) is 4.59. The zero-order valence-corrected chi connectivity index (χ0v) is 12.8. The molecule has 1 aliphatic rings. The molecule has 2 heterocycles. The van der Waals surface area contributed by atoms with Crippen LogP contribution < -0.4 is 5.32 Å². The number of amides is 2. The maximum absolute atomic E-state index is 12.3. The van der Waals surface area contributed by atoms with Gasteiger partial charge in [0.2, 0.25) is 5.89 Å². The summed E-state index contributed by atoms with van der Waals surface area (Å²) in [6.45, 7) is 2.66. The summed E-state index contributed by atoms with van der Waals surface area (Å²) in [5.74, 6) is 0.538. The summed E-state index contributed by atoms with van der Waals surface area (Å²) in [6, 6.07) is 7.05. The Balaban J connectivity index is 1.63. The number of carbonyl (C=O) groups excluding carboxylic acids is 1. The number of aliphatic hydroxyl groups is 1. The summed E-state index contributed by atoms with van der Waals surface area (Å²) in [4.78, 5) is 18.1. The first-order valence-corrected chi connectivity index (χ1v) is 7.48. The topological polar surface area (TPSA) is 87.8 Å². The fourth-order valence-electron chi connectivity index (χ4n) is 2.58. The number of ether oxygens (including phenoxy) is 1. The minimum atomic E-state index is -0.336. The number of nitrogens with one attached hydrogen (secondary N) is 1. The first kappa shape index (κ1) is 15.5. The van der Waals surface area contributed by atoms with Gasteiger partial charge in [0, 0.05) is 17.8 Å². The monoisotopic (exact) mass is 317 g/mol. The summed E-state index contributed by atoms with van der Waals surface area (Å²) in [6.07, 6.45) is 2.67. The third-order valence-electron chi connectivity index (χ3n) is 3.63. The van der Waals surface area contributed by atoms with Gasteiger partial charge in [-0.3, -0.25) is 0 Å². The molecule has 1 fully saturated rings. The Morgan fingerprint density at radius 2 is 2.17 bits per heavy atom. The number of nitrogens with zero attached hydrogens (tertiary/aromatic N) is 2. The molecule has 0 spiro atoms. The second kappa shape index (κ2) is 6.80. The second-order valence-corrected chi connectivity index (χ2v) is 5.50.